The van der Waals surface area contributed by atoms with Crippen molar-refractivity contribution in [2.24, 2.45) is 5.92 Å². The average molecular weight is 555 g/mol. The summed E-state index contributed by atoms with van der Waals surface area (Å²) in [5.41, 5.74) is -0.338. The van der Waals surface area contributed by atoms with E-state index in [1.165, 1.54) is 13.0 Å². The van der Waals surface area contributed by atoms with E-state index in [-0.39, 0.29) is 23.3 Å². The number of allylic oxidation sites excluding steroid dienone is 1. The van der Waals surface area contributed by atoms with Crippen LogP contribution >= 0.6 is 0 Å². The largest absolute Gasteiger partial charge is 0.457 e. The van der Waals surface area contributed by atoms with Crippen molar-refractivity contribution in [1.29, 1.82) is 0 Å². The summed E-state index contributed by atoms with van der Waals surface area (Å²) >= 11 is 0. The van der Waals surface area contributed by atoms with Crippen LogP contribution < -0.4 is 0 Å². The van der Waals surface area contributed by atoms with E-state index in [0.717, 1.165) is 0 Å². The van der Waals surface area contributed by atoms with Gasteiger partial charge in [0.15, 0.2) is 14.6 Å². The van der Waals surface area contributed by atoms with Crippen molar-refractivity contribution in [2.45, 2.75) is 130 Å². The summed E-state index contributed by atoms with van der Waals surface area (Å²) in [6, 6.07) is 0. The Morgan fingerprint density at radius 3 is 2.42 bits per heavy atom. The molecule has 1 aliphatic heterocycles. The lowest BCUT2D eigenvalue weighted by atomic mass is 9.88. The molecule has 0 radical (unpaired) electrons. The lowest BCUT2D eigenvalue weighted by Crippen LogP contribution is -2.48. The van der Waals surface area contributed by atoms with Crippen LogP contribution in [0.5, 0.6) is 0 Å². The van der Waals surface area contributed by atoms with Crippen LogP contribution in [0, 0.1) is 5.92 Å². The molecule has 0 spiro atoms. The zero-order chi connectivity index (χ0) is 29.3. The third-order valence-electron chi connectivity index (χ3n) is 7.46. The summed E-state index contributed by atoms with van der Waals surface area (Å²) in [5.74, 6) is -1.13. The highest BCUT2D eigenvalue weighted by Gasteiger charge is 2.43. The van der Waals surface area contributed by atoms with E-state index >= 15 is 0 Å². The van der Waals surface area contributed by atoms with Crippen molar-refractivity contribution in [3.8, 4) is 0 Å². The second-order valence-corrected chi connectivity index (χ2v) is 16.7. The fraction of sp³-hybridized carbons (Fsp3) is 0.759. The lowest BCUT2D eigenvalue weighted by molar-refractivity contribution is -0.227. The third-order valence-corrected chi connectivity index (χ3v) is 12.0. The first-order chi connectivity index (χ1) is 17.5. The van der Waals surface area contributed by atoms with Gasteiger partial charge in [0, 0.05) is 19.4 Å². The maximum atomic E-state index is 13.2. The number of hydrogen-bond donors (Lipinski definition) is 0. The van der Waals surface area contributed by atoms with E-state index in [1.54, 1.807) is 13.0 Å². The Balaban J connectivity index is 3.62. The van der Waals surface area contributed by atoms with Gasteiger partial charge in [0.05, 0.1) is 12.5 Å². The molecule has 38 heavy (non-hydrogen) atoms. The second kappa shape index (κ2) is 14.5. The topological polar surface area (TPSA) is 97.4 Å². The van der Waals surface area contributed by atoms with Gasteiger partial charge in [0.2, 0.25) is 0 Å². The van der Waals surface area contributed by atoms with Crippen molar-refractivity contribution < 1.29 is 37.8 Å². The van der Waals surface area contributed by atoms with Crippen LogP contribution in [0.1, 0.15) is 81.6 Å². The first-order valence-electron chi connectivity index (χ1n) is 13.6. The molecule has 218 valence electrons. The molecule has 6 atom stereocenters. The quantitative estimate of drug-likeness (QED) is 0.0868. The third kappa shape index (κ3) is 10.4. The van der Waals surface area contributed by atoms with Gasteiger partial charge in [-0.05, 0) is 76.4 Å². The van der Waals surface area contributed by atoms with Gasteiger partial charge in [-0.25, -0.2) is 0 Å². The SMILES string of the molecule is CCOC(C)OC1(C)CCC(O[Si](C)(C)C(C)(C)C)CC(=O)OC(C(C)=CC=O)C(C)C=CC1OC(C)=O. The number of rotatable bonds is 9. The van der Waals surface area contributed by atoms with Crippen LogP contribution in [-0.2, 0) is 37.8 Å². The van der Waals surface area contributed by atoms with Gasteiger partial charge in [-0.2, -0.15) is 0 Å². The summed E-state index contributed by atoms with van der Waals surface area (Å²) in [6.45, 7) is 21.8. The van der Waals surface area contributed by atoms with Gasteiger partial charge in [-0.15, -0.1) is 0 Å². The molecule has 1 heterocycles. The lowest BCUT2D eigenvalue weighted by Gasteiger charge is -2.42. The minimum absolute atomic E-state index is 0.0587. The van der Waals surface area contributed by atoms with Gasteiger partial charge in [-0.1, -0.05) is 33.8 Å². The molecule has 0 aromatic rings. The Hall–Kier alpha value is -1.81. The highest BCUT2D eigenvalue weighted by Crippen LogP contribution is 2.39. The van der Waals surface area contributed by atoms with Gasteiger partial charge >= 0.3 is 11.9 Å². The number of aldehydes is 1. The Morgan fingerprint density at radius 1 is 1.26 bits per heavy atom. The van der Waals surface area contributed by atoms with Crippen LogP contribution in [0.3, 0.4) is 0 Å². The zero-order valence-electron chi connectivity index (χ0n) is 25.3. The number of esters is 2. The number of cyclic esters (lactones) is 1. The molecule has 0 aromatic carbocycles. The zero-order valence-corrected chi connectivity index (χ0v) is 26.3. The van der Waals surface area contributed by atoms with Crippen molar-refractivity contribution in [2.75, 3.05) is 6.61 Å². The smallest absolute Gasteiger partial charge is 0.308 e. The van der Waals surface area contributed by atoms with Crippen LogP contribution in [0.4, 0.5) is 0 Å². The molecule has 0 aliphatic carbocycles. The monoisotopic (exact) mass is 554 g/mol. The molecular formula is C29H50O8Si. The predicted octanol–water partition coefficient (Wildman–Crippen LogP) is 5.90. The molecule has 6 unspecified atom stereocenters. The molecule has 0 aromatic heterocycles. The highest BCUT2D eigenvalue weighted by molar-refractivity contribution is 6.74. The van der Waals surface area contributed by atoms with Crippen LogP contribution in [0.15, 0.2) is 23.8 Å². The summed E-state index contributed by atoms with van der Waals surface area (Å²) in [7, 11) is -2.24. The molecule has 1 rings (SSSR count). The van der Waals surface area contributed by atoms with E-state index in [9.17, 15) is 14.4 Å². The second-order valence-electron chi connectivity index (χ2n) is 11.9. The molecule has 8 nitrogen and oxygen atoms in total. The molecule has 0 fully saturated rings. The summed E-state index contributed by atoms with van der Waals surface area (Å²) in [6.07, 6.45) is 4.32. The maximum absolute atomic E-state index is 13.2. The Labute approximate surface area is 230 Å². The van der Waals surface area contributed by atoms with Crippen molar-refractivity contribution in [3.05, 3.63) is 23.8 Å². The van der Waals surface area contributed by atoms with E-state index in [2.05, 4.69) is 33.9 Å². The molecule has 0 amide bonds. The number of carbonyl (C=O) groups excluding carboxylic acids is 3. The van der Waals surface area contributed by atoms with Crippen LogP contribution in [-0.4, -0.2) is 63.4 Å². The minimum Gasteiger partial charge on any atom is -0.457 e. The molecular weight excluding hydrogens is 504 g/mol. The Kier molecular flexibility index (Phi) is 13.1. The standard InChI is InChI=1S/C29H50O8Si/c1-12-33-23(5)36-29(9)17-15-24(37-38(10,11)28(6,7)8)19-26(32)35-27(21(3)16-18-30)20(2)13-14-25(29)34-22(4)31/h13-14,16,18,20,23-25,27H,12,15,17,19H2,1-11H3. The fourth-order valence-electron chi connectivity index (χ4n) is 4.28. The van der Waals surface area contributed by atoms with Crippen molar-refractivity contribution in [3.63, 3.8) is 0 Å². The molecule has 0 N–H and O–H groups in total. The van der Waals surface area contributed by atoms with Crippen LogP contribution in [0.25, 0.3) is 0 Å². The molecule has 9 heteroatoms. The molecule has 0 saturated carbocycles. The Morgan fingerprint density at radius 2 is 1.89 bits per heavy atom. The van der Waals surface area contributed by atoms with Gasteiger partial charge in [0.25, 0.3) is 0 Å². The summed E-state index contributed by atoms with van der Waals surface area (Å²) in [5, 5.41) is -0.0623. The van der Waals surface area contributed by atoms with Gasteiger partial charge in [-0.3, -0.25) is 14.4 Å². The first kappa shape index (κ1) is 34.2. The molecule has 0 saturated heterocycles. The number of ether oxygens (including phenoxy) is 4. The number of carbonyl (C=O) groups is 3. The van der Waals surface area contributed by atoms with Crippen molar-refractivity contribution >= 4 is 26.5 Å². The highest BCUT2D eigenvalue weighted by atomic mass is 28.4. The molecule has 1 aliphatic rings. The van der Waals surface area contributed by atoms with E-state index in [1.807, 2.05) is 33.8 Å². The van der Waals surface area contributed by atoms with E-state index in [4.69, 9.17) is 23.4 Å². The normalized spacial score (nSPS) is 29.0. The van der Waals surface area contributed by atoms with Crippen molar-refractivity contribution in [1.82, 2.24) is 0 Å². The van der Waals surface area contributed by atoms with E-state index < -0.39 is 44.5 Å². The average Bonchev–Trinajstić information content (AvgIpc) is 2.76. The van der Waals surface area contributed by atoms with Crippen LogP contribution in [0.2, 0.25) is 18.1 Å². The Bertz CT molecular complexity index is 859. The summed E-state index contributed by atoms with van der Waals surface area (Å²) in [4.78, 5) is 36.6. The predicted molar refractivity (Wildman–Crippen MR) is 150 cm³/mol. The van der Waals surface area contributed by atoms with Gasteiger partial charge < -0.3 is 23.4 Å². The molecule has 0 bridgehead atoms. The van der Waals surface area contributed by atoms with Gasteiger partial charge in [0.1, 0.15) is 24.1 Å². The minimum atomic E-state index is -2.24. The van der Waals surface area contributed by atoms with E-state index in [0.29, 0.717) is 31.3 Å². The fourth-order valence-corrected chi connectivity index (χ4v) is 5.66. The summed E-state index contributed by atoms with van der Waals surface area (Å²) < 4.78 is 30.4. The maximum Gasteiger partial charge on any atom is 0.308 e. The number of hydrogen-bond acceptors (Lipinski definition) is 8. The first-order valence-corrected chi connectivity index (χ1v) is 16.5.